The van der Waals surface area contributed by atoms with Crippen LogP contribution in [-0.4, -0.2) is 32.7 Å². The lowest BCUT2D eigenvalue weighted by molar-refractivity contribution is -0.394. The number of carbonyl (C=O) groups excluding carboxylic acids is 3. The van der Waals surface area contributed by atoms with E-state index >= 15 is 0 Å². The van der Waals surface area contributed by atoms with E-state index in [9.17, 15) is 34.6 Å². The second-order valence-electron chi connectivity index (χ2n) is 6.12. The molecule has 0 saturated carbocycles. The Morgan fingerprint density at radius 1 is 0.844 bits per heavy atom. The lowest BCUT2D eigenvalue weighted by Crippen LogP contribution is -2.48. The van der Waals surface area contributed by atoms with Gasteiger partial charge in [0.2, 0.25) is 11.8 Å². The van der Waals surface area contributed by atoms with Crippen molar-refractivity contribution in [1.82, 2.24) is 16.2 Å². The van der Waals surface area contributed by atoms with Gasteiger partial charge in [0.15, 0.2) is 5.11 Å². The summed E-state index contributed by atoms with van der Waals surface area (Å²) in [5, 5.41) is 26.2. The number of rotatable bonds is 7. The van der Waals surface area contributed by atoms with Crippen molar-refractivity contribution in [3.8, 4) is 0 Å². The highest BCUT2D eigenvalue weighted by molar-refractivity contribution is 7.80. The number of thiocarbonyl (C=S) groups is 1. The summed E-state index contributed by atoms with van der Waals surface area (Å²) in [4.78, 5) is 55.9. The minimum absolute atomic E-state index is 0.112. The number of carbonyl (C=O) groups is 3. The van der Waals surface area contributed by atoms with Gasteiger partial charge in [0.1, 0.15) is 0 Å². The molecule has 4 N–H and O–H groups in total. The highest BCUT2D eigenvalue weighted by atomic mass is 32.1. The van der Waals surface area contributed by atoms with Crippen LogP contribution >= 0.6 is 12.2 Å². The van der Waals surface area contributed by atoms with Gasteiger partial charge in [-0.2, -0.15) is 0 Å². The number of benzene rings is 2. The maximum absolute atomic E-state index is 12.2. The Morgan fingerprint density at radius 2 is 1.41 bits per heavy atom. The molecule has 0 bridgehead atoms. The lowest BCUT2D eigenvalue weighted by atomic mass is 10.1. The van der Waals surface area contributed by atoms with E-state index in [4.69, 9.17) is 12.2 Å². The van der Waals surface area contributed by atoms with Crippen molar-refractivity contribution in [3.05, 3.63) is 74.3 Å². The summed E-state index contributed by atoms with van der Waals surface area (Å²) >= 11 is 4.84. The Bertz CT molecular complexity index is 1040. The van der Waals surface area contributed by atoms with E-state index in [1.807, 2.05) is 0 Å². The van der Waals surface area contributed by atoms with Crippen LogP contribution in [0.5, 0.6) is 0 Å². The van der Waals surface area contributed by atoms with Gasteiger partial charge < -0.3 is 5.32 Å². The first-order valence-electron chi connectivity index (χ1n) is 8.84. The van der Waals surface area contributed by atoms with Gasteiger partial charge in [0.05, 0.1) is 21.5 Å². The van der Waals surface area contributed by atoms with Gasteiger partial charge >= 0.3 is 0 Å². The van der Waals surface area contributed by atoms with Crippen molar-refractivity contribution in [1.29, 1.82) is 0 Å². The number of non-ortho nitro benzene ring substituents is 2. The summed E-state index contributed by atoms with van der Waals surface area (Å²) in [5.74, 6) is -1.95. The fraction of sp³-hybridized carbons (Fsp3) is 0.111. The van der Waals surface area contributed by atoms with Gasteiger partial charge in [0.25, 0.3) is 17.3 Å². The SMILES string of the molecule is O=C(CCC(=O)Nc1ccccc1)NNC(=S)NC(=O)c1cc([N+](=O)[O-])cc([N+](=O)[O-])c1. The molecule has 0 aromatic heterocycles. The zero-order valence-electron chi connectivity index (χ0n) is 16.2. The van der Waals surface area contributed by atoms with Gasteiger partial charge in [-0.25, -0.2) is 0 Å². The smallest absolute Gasteiger partial charge is 0.277 e. The molecule has 32 heavy (non-hydrogen) atoms. The Kier molecular flexibility index (Phi) is 8.24. The zero-order chi connectivity index (χ0) is 23.7. The van der Waals surface area contributed by atoms with Gasteiger partial charge in [0, 0.05) is 30.7 Å². The summed E-state index contributed by atoms with van der Waals surface area (Å²) in [7, 11) is 0. The molecule has 2 aromatic carbocycles. The van der Waals surface area contributed by atoms with Crippen LogP contribution in [0, 0.1) is 20.2 Å². The van der Waals surface area contributed by atoms with Crippen LogP contribution in [-0.2, 0) is 9.59 Å². The van der Waals surface area contributed by atoms with Gasteiger partial charge in [-0.1, -0.05) is 18.2 Å². The summed E-state index contributed by atoms with van der Waals surface area (Å²) in [5.41, 5.74) is 3.32. The molecule has 14 heteroatoms. The van der Waals surface area contributed by atoms with E-state index in [1.54, 1.807) is 30.3 Å². The third-order valence-corrected chi connectivity index (χ3v) is 3.97. The predicted molar refractivity (Wildman–Crippen MR) is 115 cm³/mol. The fourth-order valence-electron chi connectivity index (χ4n) is 2.30. The Balaban J connectivity index is 1.82. The van der Waals surface area contributed by atoms with Crippen LogP contribution in [0.25, 0.3) is 0 Å². The topological polar surface area (TPSA) is 186 Å². The molecule has 3 amide bonds. The zero-order valence-corrected chi connectivity index (χ0v) is 17.0. The Labute approximate surface area is 185 Å². The van der Waals surface area contributed by atoms with Crippen molar-refractivity contribution in [2.24, 2.45) is 0 Å². The average Bonchev–Trinajstić information content (AvgIpc) is 2.76. The number of amides is 3. The summed E-state index contributed by atoms with van der Waals surface area (Å²) in [6.45, 7) is 0. The molecular weight excluding hydrogens is 444 g/mol. The van der Waals surface area contributed by atoms with Crippen molar-refractivity contribution in [3.63, 3.8) is 0 Å². The molecule has 166 valence electrons. The van der Waals surface area contributed by atoms with E-state index in [1.165, 1.54) is 0 Å². The molecule has 0 unspecified atom stereocenters. The second kappa shape index (κ2) is 11.1. The van der Waals surface area contributed by atoms with E-state index in [2.05, 4.69) is 21.5 Å². The van der Waals surface area contributed by atoms with E-state index in [0.717, 1.165) is 12.1 Å². The second-order valence-corrected chi connectivity index (χ2v) is 6.53. The van der Waals surface area contributed by atoms with E-state index in [0.29, 0.717) is 11.8 Å². The Morgan fingerprint density at radius 3 is 1.97 bits per heavy atom. The first-order chi connectivity index (χ1) is 15.2. The third kappa shape index (κ3) is 7.42. The van der Waals surface area contributed by atoms with Crippen molar-refractivity contribution in [2.75, 3.05) is 5.32 Å². The van der Waals surface area contributed by atoms with Crippen LogP contribution in [0.3, 0.4) is 0 Å². The van der Waals surface area contributed by atoms with Crippen LogP contribution in [0.1, 0.15) is 23.2 Å². The first kappa shape index (κ1) is 23.8. The first-order valence-corrected chi connectivity index (χ1v) is 9.25. The molecule has 13 nitrogen and oxygen atoms in total. The van der Waals surface area contributed by atoms with Crippen molar-refractivity contribution < 1.29 is 24.2 Å². The highest BCUT2D eigenvalue weighted by Crippen LogP contribution is 2.22. The molecule has 0 aliphatic carbocycles. The van der Waals surface area contributed by atoms with Gasteiger partial charge in [-0.3, -0.25) is 50.8 Å². The highest BCUT2D eigenvalue weighted by Gasteiger charge is 2.20. The Hall–Kier alpha value is -4.46. The number of hydrogen-bond acceptors (Lipinski definition) is 8. The number of nitro benzene ring substituents is 2. The quantitative estimate of drug-likeness (QED) is 0.270. The summed E-state index contributed by atoms with van der Waals surface area (Å²) in [6.07, 6.45) is -0.293. The number of hydrazine groups is 1. The molecule has 0 saturated heterocycles. The normalized spacial score (nSPS) is 9.88. The molecule has 0 atom stereocenters. The number of nitrogens with one attached hydrogen (secondary N) is 4. The number of hydrogen-bond donors (Lipinski definition) is 4. The van der Waals surface area contributed by atoms with Crippen LogP contribution in [0.4, 0.5) is 17.1 Å². The molecule has 0 fully saturated rings. The summed E-state index contributed by atoms with van der Waals surface area (Å²) in [6, 6.07) is 11.1. The average molecular weight is 460 g/mol. The van der Waals surface area contributed by atoms with E-state index < -0.39 is 33.0 Å². The molecule has 0 aliphatic heterocycles. The fourth-order valence-corrected chi connectivity index (χ4v) is 2.45. The maximum Gasteiger partial charge on any atom is 0.277 e. The number of anilines is 1. The molecule has 0 spiro atoms. The lowest BCUT2D eigenvalue weighted by Gasteiger charge is -2.11. The predicted octanol–water partition coefficient (Wildman–Crippen LogP) is 1.56. The largest absolute Gasteiger partial charge is 0.326 e. The van der Waals surface area contributed by atoms with Crippen molar-refractivity contribution in [2.45, 2.75) is 12.8 Å². The van der Waals surface area contributed by atoms with E-state index in [-0.39, 0.29) is 29.4 Å². The molecule has 0 aliphatic rings. The summed E-state index contributed by atoms with van der Waals surface area (Å²) < 4.78 is 0. The number of nitro groups is 2. The van der Waals surface area contributed by atoms with Gasteiger partial charge in [-0.15, -0.1) is 0 Å². The van der Waals surface area contributed by atoms with Crippen LogP contribution in [0.2, 0.25) is 0 Å². The molecular formula is C18H16N6O7S. The minimum Gasteiger partial charge on any atom is -0.326 e. The standard InChI is InChI=1S/C18H16N6O7S/c25-15(19-12-4-2-1-3-5-12)6-7-16(26)21-22-18(32)20-17(27)11-8-13(23(28)29)10-14(9-11)24(30)31/h1-5,8-10H,6-7H2,(H,19,25)(H,21,26)(H2,20,22,27,32). The molecule has 0 radical (unpaired) electrons. The minimum atomic E-state index is -0.967. The van der Waals surface area contributed by atoms with Crippen molar-refractivity contribution >= 4 is 52.1 Å². The molecule has 2 rings (SSSR count). The number of para-hydroxylation sites is 1. The molecule has 0 heterocycles. The number of nitrogens with zero attached hydrogens (tertiary/aromatic N) is 2. The van der Waals surface area contributed by atoms with Gasteiger partial charge in [-0.05, 0) is 24.4 Å². The van der Waals surface area contributed by atoms with Crippen LogP contribution < -0.4 is 21.5 Å². The molecule has 2 aromatic rings. The monoisotopic (exact) mass is 460 g/mol. The third-order valence-electron chi connectivity index (χ3n) is 3.77. The van der Waals surface area contributed by atoms with Crippen LogP contribution in [0.15, 0.2) is 48.5 Å². The maximum atomic E-state index is 12.2.